The molecule has 1 aliphatic heterocycles. The maximum atomic E-state index is 13.3. The predicted octanol–water partition coefficient (Wildman–Crippen LogP) is 2.78. The van der Waals surface area contributed by atoms with Crippen molar-refractivity contribution in [2.24, 2.45) is 13.0 Å². The van der Waals surface area contributed by atoms with Gasteiger partial charge in [0.15, 0.2) is 0 Å². The Bertz CT molecular complexity index is 580. The highest BCUT2D eigenvalue weighted by Crippen LogP contribution is 2.29. The number of fused-ring (bicyclic) bond motifs is 1. The Morgan fingerprint density at radius 2 is 2.28 bits per heavy atom. The Hall–Kier alpha value is -1.35. The lowest BCUT2D eigenvalue weighted by molar-refractivity contribution is 0.579. The fourth-order valence-corrected chi connectivity index (χ4v) is 3.05. The summed E-state index contributed by atoms with van der Waals surface area (Å²) in [7, 11) is 2.02. The van der Waals surface area contributed by atoms with Gasteiger partial charge in [0, 0.05) is 18.1 Å². The average molecular weight is 246 g/mol. The van der Waals surface area contributed by atoms with Gasteiger partial charge in [-0.1, -0.05) is 0 Å². The Balaban J connectivity index is 2.07. The molecule has 0 bridgehead atoms. The molecule has 0 amide bonds. The fourth-order valence-electron chi connectivity index (χ4n) is 3.05. The van der Waals surface area contributed by atoms with Gasteiger partial charge in [0.2, 0.25) is 0 Å². The van der Waals surface area contributed by atoms with Gasteiger partial charge in [-0.2, -0.15) is 0 Å². The minimum Gasteiger partial charge on any atom is -0.348 e. The van der Waals surface area contributed by atoms with Gasteiger partial charge in [-0.3, -0.25) is 0 Å². The molecule has 1 saturated heterocycles. The van der Waals surface area contributed by atoms with Crippen molar-refractivity contribution in [3.63, 3.8) is 0 Å². The number of benzene rings is 1. The largest absolute Gasteiger partial charge is 0.348 e. The molecule has 1 unspecified atom stereocenters. The number of hydrogen-bond donors (Lipinski definition) is 1. The van der Waals surface area contributed by atoms with Crippen molar-refractivity contribution >= 4 is 10.9 Å². The number of rotatable bonds is 2. The third kappa shape index (κ3) is 1.83. The van der Waals surface area contributed by atoms with E-state index in [0.717, 1.165) is 30.9 Å². The van der Waals surface area contributed by atoms with Crippen molar-refractivity contribution in [2.45, 2.75) is 19.8 Å². The second-order valence-electron chi connectivity index (χ2n) is 5.35. The number of nitrogens with zero attached hydrogens (tertiary/aromatic N) is 1. The average Bonchev–Trinajstić information content (AvgIpc) is 2.94. The molecule has 0 spiro atoms. The molecule has 2 heterocycles. The second kappa shape index (κ2) is 4.39. The molecule has 1 N–H and O–H groups in total. The molecule has 96 valence electrons. The highest BCUT2D eigenvalue weighted by Gasteiger charge is 2.19. The zero-order valence-electron chi connectivity index (χ0n) is 11.0. The topological polar surface area (TPSA) is 17.0 Å². The van der Waals surface area contributed by atoms with Gasteiger partial charge in [-0.25, -0.2) is 4.39 Å². The van der Waals surface area contributed by atoms with Crippen LogP contribution in [0, 0.1) is 18.7 Å². The van der Waals surface area contributed by atoms with E-state index in [0.29, 0.717) is 0 Å². The van der Waals surface area contributed by atoms with Gasteiger partial charge in [-0.15, -0.1) is 0 Å². The summed E-state index contributed by atoms with van der Waals surface area (Å²) in [6, 6.07) is 5.13. The SMILES string of the molecule is Cc1c(CC2CCNC2)c2ccc(F)cc2n1C. The molecule has 1 aliphatic rings. The van der Waals surface area contributed by atoms with Gasteiger partial charge >= 0.3 is 0 Å². The maximum Gasteiger partial charge on any atom is 0.125 e. The molecule has 2 nitrogen and oxygen atoms in total. The monoisotopic (exact) mass is 246 g/mol. The van der Waals surface area contributed by atoms with Crippen LogP contribution in [-0.2, 0) is 13.5 Å². The first-order valence-electron chi connectivity index (χ1n) is 6.61. The van der Waals surface area contributed by atoms with E-state index in [1.165, 1.54) is 23.1 Å². The van der Waals surface area contributed by atoms with Crippen LogP contribution in [0.3, 0.4) is 0 Å². The lowest BCUT2D eigenvalue weighted by Crippen LogP contribution is -2.11. The summed E-state index contributed by atoms with van der Waals surface area (Å²) < 4.78 is 15.4. The van der Waals surface area contributed by atoms with Gasteiger partial charge in [0.1, 0.15) is 5.82 Å². The van der Waals surface area contributed by atoms with E-state index in [-0.39, 0.29) is 5.82 Å². The van der Waals surface area contributed by atoms with Crippen molar-refractivity contribution in [1.29, 1.82) is 0 Å². The molecule has 1 fully saturated rings. The molecular weight excluding hydrogens is 227 g/mol. The fraction of sp³-hybridized carbons (Fsp3) is 0.467. The van der Waals surface area contributed by atoms with E-state index in [1.54, 1.807) is 12.1 Å². The molecule has 0 saturated carbocycles. The van der Waals surface area contributed by atoms with E-state index in [2.05, 4.69) is 16.8 Å². The Morgan fingerprint density at radius 3 is 3.00 bits per heavy atom. The smallest absolute Gasteiger partial charge is 0.125 e. The summed E-state index contributed by atoms with van der Waals surface area (Å²) in [6.45, 7) is 4.37. The molecule has 18 heavy (non-hydrogen) atoms. The molecular formula is C15H19FN2. The van der Waals surface area contributed by atoms with E-state index in [1.807, 2.05) is 13.1 Å². The minimum atomic E-state index is -0.155. The highest BCUT2D eigenvalue weighted by atomic mass is 19.1. The zero-order chi connectivity index (χ0) is 12.7. The second-order valence-corrected chi connectivity index (χ2v) is 5.35. The van der Waals surface area contributed by atoms with Gasteiger partial charge in [0.25, 0.3) is 0 Å². The molecule has 1 aromatic carbocycles. The molecule has 0 aliphatic carbocycles. The van der Waals surface area contributed by atoms with Crippen LogP contribution < -0.4 is 5.32 Å². The van der Waals surface area contributed by atoms with Crippen LogP contribution >= 0.6 is 0 Å². The van der Waals surface area contributed by atoms with Gasteiger partial charge < -0.3 is 9.88 Å². The Labute approximate surface area is 107 Å². The van der Waals surface area contributed by atoms with E-state index in [9.17, 15) is 4.39 Å². The molecule has 1 atom stereocenters. The first-order chi connectivity index (χ1) is 8.66. The number of aromatic nitrogens is 1. The van der Waals surface area contributed by atoms with Crippen LogP contribution in [0.2, 0.25) is 0 Å². The lowest BCUT2D eigenvalue weighted by Gasteiger charge is -2.08. The summed E-state index contributed by atoms with van der Waals surface area (Å²) in [5, 5.41) is 4.62. The number of nitrogens with one attached hydrogen (secondary N) is 1. The van der Waals surface area contributed by atoms with Crippen molar-refractivity contribution in [2.75, 3.05) is 13.1 Å². The number of hydrogen-bond acceptors (Lipinski definition) is 1. The summed E-state index contributed by atoms with van der Waals surface area (Å²) in [6.07, 6.45) is 2.35. The summed E-state index contributed by atoms with van der Waals surface area (Å²) in [5.74, 6) is 0.566. The van der Waals surface area contributed by atoms with E-state index >= 15 is 0 Å². The van der Waals surface area contributed by atoms with Crippen molar-refractivity contribution in [3.05, 3.63) is 35.3 Å². The normalized spacial score (nSPS) is 19.8. The van der Waals surface area contributed by atoms with Crippen molar-refractivity contribution in [1.82, 2.24) is 9.88 Å². The Morgan fingerprint density at radius 1 is 1.44 bits per heavy atom. The Kier molecular flexibility index (Phi) is 2.86. The van der Waals surface area contributed by atoms with Crippen LogP contribution in [-0.4, -0.2) is 17.7 Å². The molecule has 3 rings (SSSR count). The molecule has 0 radical (unpaired) electrons. The zero-order valence-corrected chi connectivity index (χ0v) is 11.0. The molecule has 1 aromatic heterocycles. The summed E-state index contributed by atoms with van der Waals surface area (Å²) >= 11 is 0. The third-order valence-electron chi connectivity index (χ3n) is 4.24. The van der Waals surface area contributed by atoms with Gasteiger partial charge in [-0.05, 0) is 62.5 Å². The first-order valence-corrected chi connectivity index (χ1v) is 6.61. The lowest BCUT2D eigenvalue weighted by atomic mass is 9.96. The first kappa shape index (κ1) is 11.7. The molecule has 3 heteroatoms. The quantitative estimate of drug-likeness (QED) is 0.862. The predicted molar refractivity (Wildman–Crippen MR) is 72.3 cm³/mol. The standard InChI is InChI=1S/C15H19FN2/c1-10-14(7-11-5-6-17-9-11)13-4-3-12(16)8-15(13)18(10)2/h3-4,8,11,17H,5-7,9H2,1-2H3. The van der Waals surface area contributed by atoms with Crippen LogP contribution in [0.15, 0.2) is 18.2 Å². The maximum absolute atomic E-state index is 13.3. The number of aryl methyl sites for hydroxylation is 1. The van der Waals surface area contributed by atoms with E-state index in [4.69, 9.17) is 0 Å². The van der Waals surface area contributed by atoms with Gasteiger partial charge in [0.05, 0.1) is 5.52 Å². The van der Waals surface area contributed by atoms with Crippen LogP contribution in [0.25, 0.3) is 10.9 Å². The van der Waals surface area contributed by atoms with Crippen LogP contribution in [0.4, 0.5) is 4.39 Å². The number of halogens is 1. The van der Waals surface area contributed by atoms with Crippen molar-refractivity contribution in [3.8, 4) is 0 Å². The van der Waals surface area contributed by atoms with Crippen LogP contribution in [0.1, 0.15) is 17.7 Å². The van der Waals surface area contributed by atoms with E-state index < -0.39 is 0 Å². The highest BCUT2D eigenvalue weighted by molar-refractivity contribution is 5.85. The minimum absolute atomic E-state index is 0.155. The third-order valence-corrected chi connectivity index (χ3v) is 4.24. The summed E-state index contributed by atoms with van der Waals surface area (Å²) in [4.78, 5) is 0. The van der Waals surface area contributed by atoms with Crippen molar-refractivity contribution < 1.29 is 4.39 Å². The molecule has 2 aromatic rings. The van der Waals surface area contributed by atoms with Crippen LogP contribution in [0.5, 0.6) is 0 Å². The summed E-state index contributed by atoms with van der Waals surface area (Å²) in [5.41, 5.74) is 3.66.